The van der Waals surface area contributed by atoms with E-state index >= 15 is 0 Å². The predicted octanol–water partition coefficient (Wildman–Crippen LogP) is 4.37. The molecule has 0 saturated heterocycles. The number of rotatable bonds is 7. The predicted molar refractivity (Wildman–Crippen MR) is 88.4 cm³/mol. The smallest absolute Gasteiger partial charge is 0.0414 e. The molecule has 2 heteroatoms. The Morgan fingerprint density at radius 3 is 2.80 bits per heavy atom. The second-order valence-corrected chi connectivity index (χ2v) is 6.19. The summed E-state index contributed by atoms with van der Waals surface area (Å²) >= 11 is 0. The van der Waals surface area contributed by atoms with Gasteiger partial charge in [-0.05, 0) is 43.4 Å². The Hall–Kier alpha value is -1.02. The molecule has 2 unspecified atom stereocenters. The monoisotopic (exact) mass is 274 g/mol. The van der Waals surface area contributed by atoms with Gasteiger partial charge >= 0.3 is 0 Å². The van der Waals surface area contributed by atoms with Crippen LogP contribution >= 0.6 is 0 Å². The van der Waals surface area contributed by atoms with Crippen molar-refractivity contribution in [3.05, 3.63) is 29.8 Å². The van der Waals surface area contributed by atoms with Crippen LogP contribution in [0, 0.1) is 5.92 Å². The maximum atomic E-state index is 3.70. The van der Waals surface area contributed by atoms with Crippen LogP contribution in [-0.2, 0) is 0 Å². The van der Waals surface area contributed by atoms with E-state index in [1.54, 1.807) is 0 Å². The molecule has 0 spiro atoms. The molecule has 1 aromatic rings. The van der Waals surface area contributed by atoms with Crippen molar-refractivity contribution < 1.29 is 0 Å². The molecule has 1 aromatic carbocycles. The van der Waals surface area contributed by atoms with Crippen LogP contribution in [0.25, 0.3) is 0 Å². The molecular formula is C18H30N2. The van der Waals surface area contributed by atoms with Gasteiger partial charge in [0.2, 0.25) is 0 Å². The van der Waals surface area contributed by atoms with Crippen molar-refractivity contribution in [3.63, 3.8) is 0 Å². The number of para-hydroxylation sites is 1. The molecule has 0 aromatic heterocycles. The minimum atomic E-state index is 0.545. The van der Waals surface area contributed by atoms with E-state index in [4.69, 9.17) is 0 Å². The highest BCUT2D eigenvalue weighted by Gasteiger charge is 2.24. The molecule has 2 nitrogen and oxygen atoms in total. The summed E-state index contributed by atoms with van der Waals surface area (Å²) in [4.78, 5) is 2.60. The molecule has 1 heterocycles. The van der Waals surface area contributed by atoms with Crippen LogP contribution in [-0.4, -0.2) is 19.6 Å². The average Bonchev–Trinajstić information content (AvgIpc) is 2.47. The van der Waals surface area contributed by atoms with Gasteiger partial charge in [-0.25, -0.2) is 0 Å². The van der Waals surface area contributed by atoms with Gasteiger partial charge in [0.25, 0.3) is 0 Å². The molecule has 2 atom stereocenters. The molecular weight excluding hydrogens is 244 g/mol. The van der Waals surface area contributed by atoms with Crippen molar-refractivity contribution in [2.45, 2.75) is 52.5 Å². The first-order chi connectivity index (χ1) is 9.76. The zero-order chi connectivity index (χ0) is 14.4. The summed E-state index contributed by atoms with van der Waals surface area (Å²) < 4.78 is 0. The fraction of sp³-hybridized carbons (Fsp3) is 0.667. The van der Waals surface area contributed by atoms with Gasteiger partial charge in [-0.3, -0.25) is 0 Å². The van der Waals surface area contributed by atoms with E-state index in [9.17, 15) is 0 Å². The number of nitrogens with zero attached hydrogens (tertiary/aromatic N) is 1. The van der Waals surface area contributed by atoms with Crippen molar-refractivity contribution in [2.75, 3.05) is 24.5 Å². The standard InChI is InChI=1S/C18H30N2/c1-4-8-15(3)14-20-13-11-17(19-12-5-2)16-9-6-7-10-18(16)20/h6-7,9-10,15,17,19H,4-5,8,11-14H2,1-3H3. The molecule has 0 fully saturated rings. The third kappa shape index (κ3) is 3.76. The molecule has 0 amide bonds. The molecule has 20 heavy (non-hydrogen) atoms. The normalized spacial score (nSPS) is 19.8. The Morgan fingerprint density at radius 2 is 2.05 bits per heavy atom. The molecule has 2 rings (SSSR count). The molecule has 1 aliphatic heterocycles. The lowest BCUT2D eigenvalue weighted by Crippen LogP contribution is -2.38. The molecule has 0 bridgehead atoms. The summed E-state index contributed by atoms with van der Waals surface area (Å²) in [6.45, 7) is 10.4. The molecule has 0 radical (unpaired) electrons. The van der Waals surface area contributed by atoms with Gasteiger partial charge in [-0.15, -0.1) is 0 Å². The first-order valence-electron chi connectivity index (χ1n) is 8.33. The number of benzene rings is 1. The summed E-state index contributed by atoms with van der Waals surface area (Å²) in [5.74, 6) is 0.785. The molecule has 112 valence electrons. The van der Waals surface area contributed by atoms with Gasteiger partial charge in [0.1, 0.15) is 0 Å². The maximum Gasteiger partial charge on any atom is 0.0414 e. The van der Waals surface area contributed by atoms with E-state index < -0.39 is 0 Å². The van der Waals surface area contributed by atoms with Crippen molar-refractivity contribution in [3.8, 4) is 0 Å². The topological polar surface area (TPSA) is 15.3 Å². The number of hydrogen-bond donors (Lipinski definition) is 1. The Labute approximate surface area is 124 Å². The van der Waals surface area contributed by atoms with Crippen molar-refractivity contribution >= 4 is 5.69 Å². The summed E-state index contributed by atoms with van der Waals surface area (Å²) in [6, 6.07) is 9.51. The van der Waals surface area contributed by atoms with Crippen LogP contribution < -0.4 is 10.2 Å². The van der Waals surface area contributed by atoms with Crippen LogP contribution in [0.2, 0.25) is 0 Å². The van der Waals surface area contributed by atoms with Gasteiger partial charge in [-0.1, -0.05) is 45.4 Å². The zero-order valence-electron chi connectivity index (χ0n) is 13.4. The Morgan fingerprint density at radius 1 is 1.25 bits per heavy atom. The fourth-order valence-corrected chi connectivity index (χ4v) is 3.31. The van der Waals surface area contributed by atoms with E-state index in [0.717, 1.165) is 12.5 Å². The fourth-order valence-electron chi connectivity index (χ4n) is 3.31. The van der Waals surface area contributed by atoms with Gasteiger partial charge < -0.3 is 10.2 Å². The third-order valence-electron chi connectivity index (χ3n) is 4.29. The summed E-state index contributed by atoms with van der Waals surface area (Å²) in [6.07, 6.45) is 5.05. The zero-order valence-corrected chi connectivity index (χ0v) is 13.4. The Kier molecular flexibility index (Phi) is 5.90. The second-order valence-electron chi connectivity index (χ2n) is 6.19. The molecule has 0 aliphatic carbocycles. The van der Waals surface area contributed by atoms with Crippen LogP contribution in [0.1, 0.15) is 58.1 Å². The maximum absolute atomic E-state index is 3.70. The largest absolute Gasteiger partial charge is 0.371 e. The highest BCUT2D eigenvalue weighted by molar-refractivity contribution is 5.57. The van der Waals surface area contributed by atoms with Gasteiger partial charge in [0, 0.05) is 24.8 Å². The van der Waals surface area contributed by atoms with Gasteiger partial charge in [0.15, 0.2) is 0 Å². The van der Waals surface area contributed by atoms with Gasteiger partial charge in [-0.2, -0.15) is 0 Å². The first kappa shape index (κ1) is 15.4. The quantitative estimate of drug-likeness (QED) is 0.794. The van der Waals surface area contributed by atoms with E-state index in [0.29, 0.717) is 6.04 Å². The lowest BCUT2D eigenvalue weighted by atomic mass is 9.94. The molecule has 1 aliphatic rings. The highest BCUT2D eigenvalue weighted by atomic mass is 15.2. The average molecular weight is 274 g/mol. The number of anilines is 1. The lowest BCUT2D eigenvalue weighted by Gasteiger charge is -2.37. The van der Waals surface area contributed by atoms with E-state index in [-0.39, 0.29) is 0 Å². The van der Waals surface area contributed by atoms with E-state index in [2.05, 4.69) is 55.3 Å². The van der Waals surface area contributed by atoms with Crippen molar-refractivity contribution in [2.24, 2.45) is 5.92 Å². The minimum Gasteiger partial charge on any atom is -0.371 e. The summed E-state index contributed by atoms with van der Waals surface area (Å²) in [5.41, 5.74) is 2.95. The SMILES string of the molecule is CCCNC1CCN(CC(C)CCC)c2ccccc21. The first-order valence-corrected chi connectivity index (χ1v) is 8.33. The molecule has 1 N–H and O–H groups in total. The van der Waals surface area contributed by atoms with E-state index in [1.165, 1.54) is 50.0 Å². The minimum absolute atomic E-state index is 0.545. The molecule has 0 saturated carbocycles. The van der Waals surface area contributed by atoms with Crippen LogP contribution in [0.4, 0.5) is 5.69 Å². The Balaban J connectivity index is 2.10. The van der Waals surface area contributed by atoms with E-state index in [1.807, 2.05) is 0 Å². The van der Waals surface area contributed by atoms with Crippen molar-refractivity contribution in [1.82, 2.24) is 5.32 Å². The second kappa shape index (κ2) is 7.68. The highest BCUT2D eigenvalue weighted by Crippen LogP contribution is 2.34. The third-order valence-corrected chi connectivity index (χ3v) is 4.29. The Bertz CT molecular complexity index is 402. The van der Waals surface area contributed by atoms with Crippen LogP contribution in [0.5, 0.6) is 0 Å². The summed E-state index contributed by atoms with van der Waals surface area (Å²) in [7, 11) is 0. The van der Waals surface area contributed by atoms with Gasteiger partial charge in [0.05, 0.1) is 0 Å². The van der Waals surface area contributed by atoms with Crippen LogP contribution in [0.3, 0.4) is 0 Å². The number of fused-ring (bicyclic) bond motifs is 1. The summed E-state index contributed by atoms with van der Waals surface area (Å²) in [5, 5.41) is 3.70. The van der Waals surface area contributed by atoms with Crippen LogP contribution in [0.15, 0.2) is 24.3 Å². The number of nitrogens with one attached hydrogen (secondary N) is 1. The lowest BCUT2D eigenvalue weighted by molar-refractivity contribution is 0.450. The van der Waals surface area contributed by atoms with Crippen molar-refractivity contribution in [1.29, 1.82) is 0 Å². The number of hydrogen-bond acceptors (Lipinski definition) is 2.